The number of halogens is 3. The number of hydrogen-bond acceptors (Lipinski definition) is 3. The van der Waals surface area contributed by atoms with Crippen LogP contribution in [-0.2, 0) is 16.0 Å². The van der Waals surface area contributed by atoms with Crippen LogP contribution in [-0.4, -0.2) is 30.8 Å². The topological polar surface area (TPSA) is 67.4 Å². The van der Waals surface area contributed by atoms with Crippen LogP contribution in [0.15, 0.2) is 24.3 Å². The van der Waals surface area contributed by atoms with Gasteiger partial charge in [0.05, 0.1) is 6.04 Å². The summed E-state index contributed by atoms with van der Waals surface area (Å²) in [7, 11) is 0. The molecule has 0 unspecified atom stereocenters. The highest BCUT2D eigenvalue weighted by Crippen LogP contribution is 2.19. The van der Waals surface area contributed by atoms with Crippen LogP contribution in [0.5, 0.6) is 0 Å². The minimum Gasteiger partial charge on any atom is -0.447 e. The second-order valence-corrected chi connectivity index (χ2v) is 4.29. The molecule has 8 heteroatoms. The van der Waals surface area contributed by atoms with Crippen LogP contribution in [0.3, 0.4) is 0 Å². The second kappa shape index (κ2) is 5.40. The Balaban J connectivity index is 1.93. The maximum atomic E-state index is 12.1. The number of hydrogen-bond donors (Lipinski definition) is 2. The van der Waals surface area contributed by atoms with Crippen molar-refractivity contribution in [3.63, 3.8) is 0 Å². The molecule has 0 aromatic heterocycles. The van der Waals surface area contributed by atoms with Crippen LogP contribution in [0.25, 0.3) is 0 Å². The fraction of sp³-hybridized carbons (Fsp3) is 0.333. The summed E-state index contributed by atoms with van der Waals surface area (Å²) in [4.78, 5) is 21.6. The number of benzene rings is 1. The summed E-state index contributed by atoms with van der Waals surface area (Å²) in [6.07, 6.45) is -4.90. The molecule has 1 heterocycles. The lowest BCUT2D eigenvalue weighted by molar-refractivity contribution is -0.167. The Kier molecular flexibility index (Phi) is 3.82. The molecule has 2 N–H and O–H groups in total. The molecule has 1 aromatic rings. The van der Waals surface area contributed by atoms with Crippen LogP contribution in [0, 0.1) is 0 Å². The van der Waals surface area contributed by atoms with E-state index in [1.807, 2.05) is 0 Å². The van der Waals surface area contributed by atoms with Gasteiger partial charge in [-0.05, 0) is 24.1 Å². The van der Waals surface area contributed by atoms with E-state index in [1.54, 1.807) is 17.4 Å². The standard InChI is InChI=1S/C12H11F3N2O3/c13-12(14,15)10(18)16-8-3-1-7(2-4-8)5-9-6-20-11(19)17-9/h1-4,9H,5-6H2,(H,16,18)(H,17,19)/t9-/m0/s1. The minimum absolute atomic E-state index is 0.0581. The van der Waals surface area contributed by atoms with Crippen LogP contribution in [0.4, 0.5) is 23.7 Å². The molecular formula is C12H11F3N2O3. The van der Waals surface area contributed by atoms with Gasteiger partial charge < -0.3 is 15.4 Å². The van der Waals surface area contributed by atoms with Gasteiger partial charge in [0, 0.05) is 5.69 Å². The van der Waals surface area contributed by atoms with E-state index in [1.165, 1.54) is 12.1 Å². The Morgan fingerprint density at radius 1 is 1.35 bits per heavy atom. The van der Waals surface area contributed by atoms with E-state index >= 15 is 0 Å². The Labute approximate surface area is 112 Å². The summed E-state index contributed by atoms with van der Waals surface area (Å²) in [6.45, 7) is 0.255. The van der Waals surface area contributed by atoms with Crippen LogP contribution < -0.4 is 10.6 Å². The van der Waals surface area contributed by atoms with E-state index in [-0.39, 0.29) is 18.3 Å². The van der Waals surface area contributed by atoms with Gasteiger partial charge in [-0.3, -0.25) is 4.79 Å². The van der Waals surface area contributed by atoms with Gasteiger partial charge in [0.25, 0.3) is 0 Å². The number of ether oxygens (including phenoxy) is 1. The van der Waals surface area contributed by atoms with E-state index in [0.717, 1.165) is 5.56 Å². The molecule has 0 spiro atoms. The first kappa shape index (κ1) is 14.2. The summed E-state index contributed by atoms with van der Waals surface area (Å²) < 4.78 is 40.9. The quantitative estimate of drug-likeness (QED) is 0.891. The zero-order chi connectivity index (χ0) is 14.8. The smallest absolute Gasteiger partial charge is 0.447 e. The normalized spacial score (nSPS) is 18.4. The average Bonchev–Trinajstić information content (AvgIpc) is 2.76. The van der Waals surface area contributed by atoms with Crippen molar-refractivity contribution in [2.24, 2.45) is 0 Å². The van der Waals surface area contributed by atoms with E-state index in [9.17, 15) is 22.8 Å². The number of alkyl carbamates (subject to hydrolysis) is 1. The van der Waals surface area contributed by atoms with Crippen molar-refractivity contribution in [3.8, 4) is 0 Å². The molecule has 1 atom stereocenters. The van der Waals surface area contributed by atoms with Crippen molar-refractivity contribution in [3.05, 3.63) is 29.8 Å². The first-order chi connectivity index (χ1) is 9.34. The molecule has 1 saturated heterocycles. The Hall–Kier alpha value is -2.25. The summed E-state index contributed by atoms with van der Waals surface area (Å²) >= 11 is 0. The number of nitrogens with one attached hydrogen (secondary N) is 2. The largest absolute Gasteiger partial charge is 0.471 e. The molecule has 2 amide bonds. The number of carbonyl (C=O) groups excluding carboxylic acids is 2. The van der Waals surface area contributed by atoms with Gasteiger partial charge in [0.15, 0.2) is 0 Å². The van der Waals surface area contributed by atoms with Gasteiger partial charge in [-0.25, -0.2) is 4.79 Å². The number of rotatable bonds is 3. The zero-order valence-electron chi connectivity index (χ0n) is 10.2. The van der Waals surface area contributed by atoms with Gasteiger partial charge in [-0.1, -0.05) is 12.1 Å². The molecule has 0 radical (unpaired) electrons. The molecule has 1 aliphatic rings. The van der Waals surface area contributed by atoms with Gasteiger partial charge in [-0.15, -0.1) is 0 Å². The fourth-order valence-electron chi connectivity index (χ4n) is 1.75. The number of amides is 2. The average molecular weight is 288 g/mol. The molecule has 20 heavy (non-hydrogen) atoms. The third-order valence-electron chi connectivity index (χ3n) is 2.69. The van der Waals surface area contributed by atoms with E-state index < -0.39 is 18.2 Å². The molecule has 1 aliphatic heterocycles. The van der Waals surface area contributed by atoms with Crippen molar-refractivity contribution in [1.29, 1.82) is 0 Å². The monoisotopic (exact) mass is 288 g/mol. The number of carbonyl (C=O) groups is 2. The van der Waals surface area contributed by atoms with E-state index in [0.29, 0.717) is 6.42 Å². The van der Waals surface area contributed by atoms with Crippen molar-refractivity contribution in [2.75, 3.05) is 11.9 Å². The summed E-state index contributed by atoms with van der Waals surface area (Å²) in [5, 5.41) is 4.34. The van der Waals surface area contributed by atoms with E-state index in [2.05, 4.69) is 5.32 Å². The second-order valence-electron chi connectivity index (χ2n) is 4.29. The summed E-state index contributed by atoms with van der Waals surface area (Å²) in [5.74, 6) is -2.01. The van der Waals surface area contributed by atoms with Gasteiger partial charge in [0.2, 0.25) is 0 Å². The predicted molar refractivity (Wildman–Crippen MR) is 63.1 cm³/mol. The third kappa shape index (κ3) is 3.62. The Morgan fingerprint density at radius 2 is 2.00 bits per heavy atom. The molecule has 0 bridgehead atoms. The highest BCUT2D eigenvalue weighted by atomic mass is 19.4. The number of alkyl halides is 3. The van der Waals surface area contributed by atoms with Crippen molar-refractivity contribution >= 4 is 17.7 Å². The van der Waals surface area contributed by atoms with Crippen molar-refractivity contribution < 1.29 is 27.5 Å². The van der Waals surface area contributed by atoms with Gasteiger partial charge in [-0.2, -0.15) is 13.2 Å². The van der Waals surface area contributed by atoms with Crippen molar-refractivity contribution in [1.82, 2.24) is 5.32 Å². The molecular weight excluding hydrogens is 277 g/mol. The molecule has 0 aliphatic carbocycles. The highest BCUT2D eigenvalue weighted by molar-refractivity contribution is 5.94. The van der Waals surface area contributed by atoms with Crippen LogP contribution in [0.1, 0.15) is 5.56 Å². The first-order valence-electron chi connectivity index (χ1n) is 5.75. The lowest BCUT2D eigenvalue weighted by Gasteiger charge is -2.10. The minimum atomic E-state index is -4.91. The number of cyclic esters (lactones) is 1. The molecule has 0 saturated carbocycles. The molecule has 2 rings (SSSR count). The SMILES string of the molecule is O=C1N[C@@H](Cc2ccc(NC(=O)C(F)(F)F)cc2)CO1. The first-order valence-corrected chi connectivity index (χ1v) is 5.75. The van der Waals surface area contributed by atoms with Crippen molar-refractivity contribution in [2.45, 2.75) is 18.6 Å². The molecule has 108 valence electrons. The maximum absolute atomic E-state index is 12.1. The zero-order valence-corrected chi connectivity index (χ0v) is 10.2. The Bertz CT molecular complexity index is 514. The van der Waals surface area contributed by atoms with Crippen LogP contribution >= 0.6 is 0 Å². The lowest BCUT2D eigenvalue weighted by Crippen LogP contribution is -2.30. The maximum Gasteiger partial charge on any atom is 0.471 e. The Morgan fingerprint density at radius 3 is 2.50 bits per heavy atom. The van der Waals surface area contributed by atoms with E-state index in [4.69, 9.17) is 4.74 Å². The summed E-state index contributed by atoms with van der Waals surface area (Å²) in [6, 6.07) is 5.75. The molecule has 1 fully saturated rings. The predicted octanol–water partition coefficient (Wildman–Crippen LogP) is 1.84. The lowest BCUT2D eigenvalue weighted by atomic mass is 10.1. The highest BCUT2D eigenvalue weighted by Gasteiger charge is 2.38. The fourth-order valence-corrected chi connectivity index (χ4v) is 1.75. The van der Waals surface area contributed by atoms with Gasteiger partial charge >= 0.3 is 18.2 Å². The third-order valence-corrected chi connectivity index (χ3v) is 2.69. The summed E-state index contributed by atoms with van der Waals surface area (Å²) in [5.41, 5.74) is 0.869. The molecule has 1 aromatic carbocycles. The van der Waals surface area contributed by atoms with Gasteiger partial charge in [0.1, 0.15) is 6.61 Å². The van der Waals surface area contributed by atoms with Crippen LogP contribution in [0.2, 0.25) is 0 Å². The number of anilines is 1. The molecule has 5 nitrogen and oxygen atoms in total.